The smallest absolute Gasteiger partial charge is 0.247 e. The first kappa shape index (κ1) is 15.0. The molecule has 3 heteroatoms. The average Bonchev–Trinajstić information content (AvgIpc) is 2.69. The summed E-state index contributed by atoms with van der Waals surface area (Å²) in [6, 6.07) is 26.6. The van der Waals surface area contributed by atoms with E-state index in [2.05, 4.69) is 65.2 Å². The lowest BCUT2D eigenvalue weighted by molar-refractivity contribution is -0.117. The van der Waals surface area contributed by atoms with Crippen molar-refractivity contribution in [3.63, 3.8) is 0 Å². The number of anilines is 2. The highest BCUT2D eigenvalue weighted by Crippen LogP contribution is 2.31. The number of benzene rings is 4. The number of hydrogen-bond donors (Lipinski definition) is 2. The highest BCUT2D eigenvalue weighted by molar-refractivity contribution is 6.09. The molecule has 0 bridgehead atoms. The Labute approximate surface area is 151 Å². The van der Waals surface area contributed by atoms with Gasteiger partial charge in [-0.2, -0.15) is 0 Å². The molecule has 0 saturated carbocycles. The van der Waals surface area contributed by atoms with Crippen LogP contribution in [0.4, 0.5) is 11.4 Å². The Hall–Kier alpha value is -3.33. The monoisotopic (exact) mass is 338 g/mol. The van der Waals surface area contributed by atoms with Gasteiger partial charge in [-0.3, -0.25) is 4.79 Å². The van der Waals surface area contributed by atoms with E-state index in [9.17, 15) is 4.79 Å². The summed E-state index contributed by atoms with van der Waals surface area (Å²) >= 11 is 0. The van der Waals surface area contributed by atoms with Crippen LogP contribution in [0.15, 0.2) is 78.9 Å². The molecular formula is C23H18N2O. The van der Waals surface area contributed by atoms with Crippen molar-refractivity contribution in [2.75, 3.05) is 10.6 Å². The van der Waals surface area contributed by atoms with Gasteiger partial charge in [0.2, 0.25) is 5.91 Å². The number of carbonyl (C=O) groups excluding carboxylic acids is 1. The second-order valence-electron chi connectivity index (χ2n) is 6.74. The fourth-order valence-corrected chi connectivity index (χ4v) is 3.86. The Morgan fingerprint density at radius 2 is 1.38 bits per heavy atom. The van der Waals surface area contributed by atoms with Crippen LogP contribution in [-0.2, 0) is 11.2 Å². The van der Waals surface area contributed by atoms with E-state index in [1.165, 1.54) is 27.1 Å². The SMILES string of the molecule is O=C1Nc2ccccc2N[C@@H]1Cc1cc2ccccc2c2ccccc12. The topological polar surface area (TPSA) is 41.1 Å². The van der Waals surface area contributed by atoms with E-state index >= 15 is 0 Å². The molecule has 0 spiro atoms. The molecule has 1 amide bonds. The Morgan fingerprint density at radius 1 is 0.731 bits per heavy atom. The molecule has 0 saturated heterocycles. The average molecular weight is 338 g/mol. The van der Waals surface area contributed by atoms with Crippen LogP contribution in [0.1, 0.15) is 5.56 Å². The van der Waals surface area contributed by atoms with Gasteiger partial charge < -0.3 is 10.6 Å². The van der Waals surface area contributed by atoms with Crippen LogP contribution >= 0.6 is 0 Å². The Balaban J connectivity index is 1.60. The number of amides is 1. The first-order valence-electron chi connectivity index (χ1n) is 8.85. The molecule has 0 unspecified atom stereocenters. The van der Waals surface area contributed by atoms with E-state index in [4.69, 9.17) is 0 Å². The summed E-state index contributed by atoms with van der Waals surface area (Å²) in [4.78, 5) is 12.6. The number of rotatable bonds is 2. The van der Waals surface area contributed by atoms with Crippen molar-refractivity contribution in [1.82, 2.24) is 0 Å². The van der Waals surface area contributed by atoms with Crippen LogP contribution in [-0.4, -0.2) is 11.9 Å². The van der Waals surface area contributed by atoms with Crippen LogP contribution in [0.2, 0.25) is 0 Å². The Bertz CT molecular complexity index is 1150. The normalized spacial score (nSPS) is 16.2. The lowest BCUT2D eigenvalue weighted by Gasteiger charge is -2.27. The zero-order valence-corrected chi connectivity index (χ0v) is 14.2. The predicted molar refractivity (Wildman–Crippen MR) is 108 cm³/mol. The van der Waals surface area contributed by atoms with Crippen molar-refractivity contribution in [3.05, 3.63) is 84.4 Å². The first-order valence-corrected chi connectivity index (χ1v) is 8.85. The van der Waals surface area contributed by atoms with Crippen molar-refractivity contribution >= 4 is 38.8 Å². The molecule has 1 heterocycles. The minimum absolute atomic E-state index is 0.0148. The molecular weight excluding hydrogens is 320 g/mol. The molecule has 5 rings (SSSR count). The van der Waals surface area contributed by atoms with E-state index in [0.717, 1.165) is 11.4 Å². The highest BCUT2D eigenvalue weighted by Gasteiger charge is 2.26. The van der Waals surface area contributed by atoms with Crippen LogP contribution in [0.25, 0.3) is 21.5 Å². The first-order chi connectivity index (χ1) is 12.8. The molecule has 1 aliphatic rings. The van der Waals surface area contributed by atoms with Crippen LogP contribution < -0.4 is 10.6 Å². The highest BCUT2D eigenvalue weighted by atomic mass is 16.2. The Morgan fingerprint density at radius 3 is 2.23 bits per heavy atom. The maximum atomic E-state index is 12.6. The number of nitrogens with one attached hydrogen (secondary N) is 2. The minimum atomic E-state index is -0.283. The van der Waals surface area contributed by atoms with Crippen molar-refractivity contribution < 1.29 is 4.79 Å². The van der Waals surface area contributed by atoms with Crippen molar-refractivity contribution in [3.8, 4) is 0 Å². The maximum absolute atomic E-state index is 12.6. The van der Waals surface area contributed by atoms with E-state index < -0.39 is 0 Å². The summed E-state index contributed by atoms with van der Waals surface area (Å²) in [5, 5.41) is 11.3. The molecule has 0 fully saturated rings. The molecule has 1 aliphatic heterocycles. The van der Waals surface area contributed by atoms with Gasteiger partial charge in [-0.1, -0.05) is 66.7 Å². The molecule has 26 heavy (non-hydrogen) atoms. The summed E-state index contributed by atoms with van der Waals surface area (Å²) in [6.07, 6.45) is 0.644. The largest absolute Gasteiger partial charge is 0.372 e. The van der Waals surface area contributed by atoms with Gasteiger partial charge in [-0.15, -0.1) is 0 Å². The molecule has 0 aliphatic carbocycles. The molecule has 4 aromatic rings. The predicted octanol–water partition coefficient (Wildman–Crippen LogP) is 4.97. The molecule has 3 nitrogen and oxygen atoms in total. The summed E-state index contributed by atoms with van der Waals surface area (Å²) in [6.45, 7) is 0. The van der Waals surface area contributed by atoms with E-state index in [1.807, 2.05) is 24.3 Å². The zero-order valence-electron chi connectivity index (χ0n) is 14.2. The lowest BCUT2D eigenvalue weighted by atomic mass is 9.93. The summed E-state index contributed by atoms with van der Waals surface area (Å²) < 4.78 is 0. The molecule has 0 aromatic heterocycles. The standard InChI is InChI=1S/C23H18N2O/c26-23-22(24-20-11-5-6-12-21(20)25-23)14-16-13-15-7-1-2-8-17(15)19-10-4-3-9-18(16)19/h1-13,22,24H,14H2,(H,25,26)/t22-/m1/s1. The fraction of sp³-hybridized carbons (Fsp3) is 0.0870. The van der Waals surface area contributed by atoms with Gasteiger partial charge in [-0.05, 0) is 39.2 Å². The van der Waals surface area contributed by atoms with E-state index in [-0.39, 0.29) is 11.9 Å². The quantitative estimate of drug-likeness (QED) is 0.507. The number of hydrogen-bond acceptors (Lipinski definition) is 2. The van der Waals surface area contributed by atoms with Crippen LogP contribution in [0.3, 0.4) is 0 Å². The van der Waals surface area contributed by atoms with Crippen LogP contribution in [0, 0.1) is 0 Å². The third-order valence-electron chi connectivity index (χ3n) is 5.11. The molecule has 0 radical (unpaired) electrons. The van der Waals surface area contributed by atoms with Gasteiger partial charge in [-0.25, -0.2) is 0 Å². The van der Waals surface area contributed by atoms with Gasteiger partial charge in [0.15, 0.2) is 0 Å². The van der Waals surface area contributed by atoms with E-state index in [0.29, 0.717) is 6.42 Å². The van der Waals surface area contributed by atoms with Gasteiger partial charge >= 0.3 is 0 Å². The third-order valence-corrected chi connectivity index (χ3v) is 5.11. The van der Waals surface area contributed by atoms with Gasteiger partial charge in [0, 0.05) is 6.42 Å². The maximum Gasteiger partial charge on any atom is 0.247 e. The summed E-state index contributed by atoms with van der Waals surface area (Å²) in [5.41, 5.74) is 3.01. The van der Waals surface area contributed by atoms with Crippen LogP contribution in [0.5, 0.6) is 0 Å². The minimum Gasteiger partial charge on any atom is -0.372 e. The number of fused-ring (bicyclic) bond motifs is 4. The zero-order chi connectivity index (χ0) is 17.5. The molecule has 126 valence electrons. The second-order valence-corrected chi connectivity index (χ2v) is 6.74. The molecule has 1 atom stereocenters. The summed E-state index contributed by atoms with van der Waals surface area (Å²) in [7, 11) is 0. The molecule has 4 aromatic carbocycles. The van der Waals surface area contributed by atoms with Crippen molar-refractivity contribution in [2.24, 2.45) is 0 Å². The molecule has 2 N–H and O–H groups in total. The Kier molecular flexibility index (Phi) is 3.39. The fourth-order valence-electron chi connectivity index (χ4n) is 3.86. The van der Waals surface area contributed by atoms with Gasteiger partial charge in [0.05, 0.1) is 11.4 Å². The van der Waals surface area contributed by atoms with Crippen molar-refractivity contribution in [2.45, 2.75) is 12.5 Å². The number of carbonyl (C=O) groups is 1. The van der Waals surface area contributed by atoms with Gasteiger partial charge in [0.25, 0.3) is 0 Å². The van der Waals surface area contributed by atoms with Gasteiger partial charge in [0.1, 0.15) is 6.04 Å². The number of para-hydroxylation sites is 2. The summed E-state index contributed by atoms with van der Waals surface area (Å²) in [5.74, 6) is 0.0148. The van der Waals surface area contributed by atoms with E-state index in [1.54, 1.807) is 0 Å². The van der Waals surface area contributed by atoms with Crippen molar-refractivity contribution in [1.29, 1.82) is 0 Å². The second kappa shape index (κ2) is 5.88. The lowest BCUT2D eigenvalue weighted by Crippen LogP contribution is -2.40. The third kappa shape index (κ3) is 2.40.